The van der Waals surface area contributed by atoms with E-state index in [2.05, 4.69) is 9.80 Å². The molecule has 2 bridgehead atoms. The van der Waals surface area contributed by atoms with Crippen LogP contribution in [0.2, 0.25) is 0 Å². The van der Waals surface area contributed by atoms with Crippen molar-refractivity contribution in [2.24, 2.45) is 11.8 Å². The van der Waals surface area contributed by atoms with Gasteiger partial charge in [0.25, 0.3) is 0 Å². The molecule has 1 unspecified atom stereocenters. The summed E-state index contributed by atoms with van der Waals surface area (Å²) in [6.07, 6.45) is 11.6. The predicted octanol–water partition coefficient (Wildman–Crippen LogP) is 2.06. The van der Waals surface area contributed by atoms with E-state index < -0.39 is 11.9 Å². The number of piperidine rings is 4. The highest BCUT2D eigenvalue weighted by Gasteiger charge is 2.46. The number of carboxylic acid groups (broad SMARTS) is 2. The van der Waals surface area contributed by atoms with Crippen LogP contribution in [0.15, 0.2) is 12.2 Å². The van der Waals surface area contributed by atoms with Crippen molar-refractivity contribution in [1.29, 1.82) is 0 Å². The smallest absolute Gasteiger partial charge is 0.328 e. The lowest BCUT2D eigenvalue weighted by atomic mass is 9.71. The third-order valence-corrected chi connectivity index (χ3v) is 6.33. The van der Waals surface area contributed by atoms with E-state index in [0.717, 1.165) is 23.9 Å². The second-order valence-corrected chi connectivity index (χ2v) is 7.88. The van der Waals surface area contributed by atoms with Gasteiger partial charge in [0, 0.05) is 37.3 Å². The Hall–Kier alpha value is -1.40. The molecule has 4 fully saturated rings. The highest BCUT2D eigenvalue weighted by Crippen LogP contribution is 2.42. The molecule has 4 heterocycles. The summed E-state index contributed by atoms with van der Waals surface area (Å²) >= 11 is 0. The normalized spacial score (nSPS) is 35.2. The topological polar surface area (TPSA) is 81.1 Å². The molecule has 6 nitrogen and oxygen atoms in total. The van der Waals surface area contributed by atoms with E-state index in [0.29, 0.717) is 12.2 Å². The number of rotatable bonds is 2. The number of nitrogens with zero attached hydrogens (tertiary/aromatic N) is 2. The first kappa shape index (κ1) is 18.4. The van der Waals surface area contributed by atoms with Crippen LogP contribution in [0.4, 0.5) is 0 Å². The first-order valence-corrected chi connectivity index (χ1v) is 9.66. The zero-order valence-corrected chi connectivity index (χ0v) is 14.8. The molecular formula is C19H30N2O4. The Bertz CT molecular complexity index is 478. The summed E-state index contributed by atoms with van der Waals surface area (Å²) in [6.45, 7) is 5.68. The summed E-state index contributed by atoms with van der Waals surface area (Å²) < 4.78 is 0. The highest BCUT2D eigenvalue weighted by atomic mass is 16.4. The quantitative estimate of drug-likeness (QED) is 0.742. The molecule has 140 valence electrons. The van der Waals surface area contributed by atoms with Gasteiger partial charge in [-0.1, -0.05) is 12.8 Å². The van der Waals surface area contributed by atoms with Crippen molar-refractivity contribution in [2.75, 3.05) is 26.2 Å². The zero-order valence-electron chi connectivity index (χ0n) is 14.8. The molecule has 2 N–H and O–H groups in total. The van der Waals surface area contributed by atoms with Crippen LogP contribution in [0.1, 0.15) is 44.9 Å². The summed E-state index contributed by atoms with van der Waals surface area (Å²) in [4.78, 5) is 24.8. The Morgan fingerprint density at radius 2 is 1.20 bits per heavy atom. The van der Waals surface area contributed by atoms with Gasteiger partial charge in [-0.25, -0.2) is 9.59 Å². The molecule has 25 heavy (non-hydrogen) atoms. The molecule has 0 saturated carbocycles. The van der Waals surface area contributed by atoms with Crippen LogP contribution >= 0.6 is 0 Å². The van der Waals surface area contributed by atoms with Gasteiger partial charge >= 0.3 is 11.9 Å². The molecule has 4 aliphatic heterocycles. The standard InChI is InChI=1S/C15H26N2.C4H4O4/c1-3-7-16-11-13-9-12(14(16)5-1)10-17-8-4-2-6-15(13)17;5-3(6)1-2-4(7)8/h12-15H,1-11H2;1-2H,(H,5,6)(H,7,8)/b;2-1+/t12-,13-,14-,15?;/m1./s1. The van der Waals surface area contributed by atoms with Crippen molar-refractivity contribution in [3.8, 4) is 0 Å². The predicted molar refractivity (Wildman–Crippen MR) is 94.4 cm³/mol. The lowest BCUT2D eigenvalue weighted by molar-refractivity contribution is -0.134. The fourth-order valence-electron chi connectivity index (χ4n) is 5.40. The molecule has 4 saturated heterocycles. The van der Waals surface area contributed by atoms with Gasteiger partial charge in [-0.05, 0) is 57.0 Å². The Labute approximate surface area is 149 Å². The van der Waals surface area contributed by atoms with Crippen LogP contribution in [0, 0.1) is 11.8 Å². The molecule has 0 spiro atoms. The maximum absolute atomic E-state index is 9.55. The second-order valence-electron chi connectivity index (χ2n) is 7.88. The van der Waals surface area contributed by atoms with E-state index in [-0.39, 0.29) is 0 Å². The third kappa shape index (κ3) is 4.61. The maximum atomic E-state index is 9.55. The van der Waals surface area contributed by atoms with Crippen molar-refractivity contribution in [2.45, 2.75) is 57.0 Å². The Morgan fingerprint density at radius 1 is 0.760 bits per heavy atom. The number of hydrogen-bond acceptors (Lipinski definition) is 4. The summed E-state index contributed by atoms with van der Waals surface area (Å²) in [5.41, 5.74) is 0. The van der Waals surface area contributed by atoms with Gasteiger partial charge in [-0.2, -0.15) is 0 Å². The minimum Gasteiger partial charge on any atom is -0.478 e. The van der Waals surface area contributed by atoms with Crippen molar-refractivity contribution in [3.63, 3.8) is 0 Å². The number of carbonyl (C=O) groups is 2. The lowest BCUT2D eigenvalue weighted by Crippen LogP contribution is -2.63. The first-order valence-electron chi connectivity index (χ1n) is 9.66. The van der Waals surface area contributed by atoms with Gasteiger partial charge in [0.05, 0.1) is 0 Å². The van der Waals surface area contributed by atoms with Crippen LogP contribution in [0.25, 0.3) is 0 Å². The third-order valence-electron chi connectivity index (χ3n) is 6.33. The number of aliphatic carboxylic acids is 2. The number of carboxylic acids is 2. The minimum atomic E-state index is -1.26. The average molecular weight is 350 g/mol. The summed E-state index contributed by atoms with van der Waals surface area (Å²) in [5.74, 6) is -0.480. The molecule has 0 aromatic carbocycles. The Morgan fingerprint density at radius 3 is 1.60 bits per heavy atom. The number of hydrogen-bond donors (Lipinski definition) is 2. The van der Waals surface area contributed by atoms with E-state index >= 15 is 0 Å². The van der Waals surface area contributed by atoms with Gasteiger partial charge < -0.3 is 10.2 Å². The van der Waals surface area contributed by atoms with Gasteiger partial charge in [-0.3, -0.25) is 9.80 Å². The van der Waals surface area contributed by atoms with Crippen LogP contribution in [0.3, 0.4) is 0 Å². The van der Waals surface area contributed by atoms with Gasteiger partial charge in [0.15, 0.2) is 0 Å². The Kier molecular flexibility index (Phi) is 6.12. The van der Waals surface area contributed by atoms with Gasteiger partial charge in [0.1, 0.15) is 0 Å². The molecule has 6 heteroatoms. The fraction of sp³-hybridized carbons (Fsp3) is 0.789. The van der Waals surface area contributed by atoms with E-state index in [1.165, 1.54) is 64.7 Å². The van der Waals surface area contributed by atoms with E-state index in [1.54, 1.807) is 6.42 Å². The van der Waals surface area contributed by atoms with Crippen molar-refractivity contribution < 1.29 is 19.8 Å². The molecule has 0 aliphatic carbocycles. The highest BCUT2D eigenvalue weighted by molar-refractivity contribution is 5.89. The van der Waals surface area contributed by atoms with E-state index in [4.69, 9.17) is 10.2 Å². The molecule has 4 aliphatic rings. The molecule has 4 rings (SSSR count). The van der Waals surface area contributed by atoms with Crippen molar-refractivity contribution in [1.82, 2.24) is 9.80 Å². The fourth-order valence-corrected chi connectivity index (χ4v) is 5.40. The van der Waals surface area contributed by atoms with Crippen molar-refractivity contribution >= 4 is 11.9 Å². The SMILES string of the molecule is C1CCN2C[C@H]3C[C@H](CN4CCCC[C@H]34)C2C1.O=C(O)/C=C/C(=O)O. The largest absolute Gasteiger partial charge is 0.478 e. The lowest BCUT2D eigenvalue weighted by Gasteiger charge is -2.57. The first-order chi connectivity index (χ1) is 12.0. The van der Waals surface area contributed by atoms with Crippen LogP contribution < -0.4 is 0 Å². The summed E-state index contributed by atoms with van der Waals surface area (Å²) in [5, 5.41) is 15.6. The van der Waals surface area contributed by atoms with Crippen LogP contribution in [0.5, 0.6) is 0 Å². The molecular weight excluding hydrogens is 320 g/mol. The Balaban J connectivity index is 0.000000197. The molecule has 4 atom stereocenters. The summed E-state index contributed by atoms with van der Waals surface area (Å²) in [6, 6.07) is 1.92. The summed E-state index contributed by atoms with van der Waals surface area (Å²) in [7, 11) is 0. The zero-order chi connectivity index (χ0) is 17.8. The maximum Gasteiger partial charge on any atom is 0.328 e. The van der Waals surface area contributed by atoms with E-state index in [9.17, 15) is 9.59 Å². The van der Waals surface area contributed by atoms with Crippen LogP contribution in [-0.4, -0.2) is 70.2 Å². The van der Waals surface area contributed by atoms with Gasteiger partial charge in [0.2, 0.25) is 0 Å². The minimum absolute atomic E-state index is 0.558. The van der Waals surface area contributed by atoms with Gasteiger partial charge in [-0.15, -0.1) is 0 Å². The second kappa shape index (κ2) is 8.32. The van der Waals surface area contributed by atoms with Crippen molar-refractivity contribution in [3.05, 3.63) is 12.2 Å². The number of fused-ring (bicyclic) bond motifs is 6. The van der Waals surface area contributed by atoms with E-state index in [1.807, 2.05) is 0 Å². The molecule has 0 aromatic rings. The molecule has 0 amide bonds. The average Bonchev–Trinajstić information content (AvgIpc) is 2.61. The monoisotopic (exact) mass is 350 g/mol. The molecule has 0 radical (unpaired) electrons. The van der Waals surface area contributed by atoms with Crippen LogP contribution in [-0.2, 0) is 9.59 Å². The molecule has 0 aromatic heterocycles.